The largest absolute Gasteiger partial charge is 0.481 e. The molecule has 0 aliphatic carbocycles. The van der Waals surface area contributed by atoms with Crippen LogP contribution < -0.4 is 5.73 Å². The second kappa shape index (κ2) is 6.01. The summed E-state index contributed by atoms with van der Waals surface area (Å²) in [6.45, 7) is 1.11. The minimum atomic E-state index is -1.78. The normalized spacial score (nSPS) is 14.2. The molecule has 0 saturated heterocycles. The maximum absolute atomic E-state index is 13.5. The van der Waals surface area contributed by atoms with E-state index in [-0.39, 0.29) is 19.0 Å². The van der Waals surface area contributed by atoms with Gasteiger partial charge in [-0.05, 0) is 12.3 Å². The van der Waals surface area contributed by atoms with Gasteiger partial charge in [0.05, 0.1) is 5.92 Å². The molecular weight excluding hydrogens is 266 g/mol. The van der Waals surface area contributed by atoms with E-state index in [1.807, 2.05) is 0 Å². The molecule has 0 saturated carbocycles. The summed E-state index contributed by atoms with van der Waals surface area (Å²) >= 11 is 0. The van der Waals surface area contributed by atoms with E-state index in [1.54, 1.807) is 0 Å². The van der Waals surface area contributed by atoms with Gasteiger partial charge in [-0.2, -0.15) is 0 Å². The number of carboxylic acid groups (broad SMARTS) is 1. The Balaban J connectivity index is 3.10. The van der Waals surface area contributed by atoms with Crippen molar-refractivity contribution < 1.29 is 27.5 Å². The van der Waals surface area contributed by atoms with Crippen molar-refractivity contribution >= 4 is 5.97 Å². The molecule has 0 heterocycles. The van der Waals surface area contributed by atoms with Crippen LogP contribution in [0.15, 0.2) is 6.07 Å². The number of carbonyl (C=O) groups is 1. The summed E-state index contributed by atoms with van der Waals surface area (Å²) in [6.07, 6.45) is -0.176. The SMILES string of the molecule is CC(CC(CN)C(=O)O)c1c(F)cc(F)c(F)c1F. The molecule has 0 spiro atoms. The minimum absolute atomic E-state index is 0.176. The van der Waals surface area contributed by atoms with Crippen LogP contribution in [0, 0.1) is 29.2 Å². The topological polar surface area (TPSA) is 63.3 Å². The zero-order valence-corrected chi connectivity index (χ0v) is 10.1. The number of aliphatic carboxylic acids is 1. The van der Waals surface area contributed by atoms with E-state index in [4.69, 9.17) is 10.8 Å². The molecule has 0 bridgehead atoms. The first-order valence-electron chi connectivity index (χ1n) is 5.55. The number of hydrogen-bond donors (Lipinski definition) is 2. The fourth-order valence-electron chi connectivity index (χ4n) is 1.87. The highest BCUT2D eigenvalue weighted by molar-refractivity contribution is 5.70. The monoisotopic (exact) mass is 279 g/mol. The highest BCUT2D eigenvalue weighted by Gasteiger charge is 2.27. The third kappa shape index (κ3) is 3.23. The summed E-state index contributed by atoms with van der Waals surface area (Å²) in [5, 5.41) is 8.80. The van der Waals surface area contributed by atoms with Gasteiger partial charge in [-0.3, -0.25) is 4.79 Å². The third-order valence-corrected chi connectivity index (χ3v) is 2.91. The first-order chi connectivity index (χ1) is 8.79. The molecule has 106 valence electrons. The Hall–Kier alpha value is -1.63. The third-order valence-electron chi connectivity index (χ3n) is 2.91. The molecule has 7 heteroatoms. The van der Waals surface area contributed by atoms with Crippen molar-refractivity contribution in [1.82, 2.24) is 0 Å². The van der Waals surface area contributed by atoms with Crippen molar-refractivity contribution in [3.63, 3.8) is 0 Å². The number of hydrogen-bond acceptors (Lipinski definition) is 2. The fraction of sp³-hybridized carbons (Fsp3) is 0.417. The van der Waals surface area contributed by atoms with Crippen LogP contribution in [0.2, 0.25) is 0 Å². The van der Waals surface area contributed by atoms with E-state index < -0.39 is 46.6 Å². The molecular formula is C12H13F4NO2. The molecule has 3 nitrogen and oxygen atoms in total. The summed E-state index contributed by atoms with van der Waals surface area (Å²) in [5.74, 6) is -9.45. The maximum atomic E-state index is 13.5. The van der Waals surface area contributed by atoms with Crippen molar-refractivity contribution in [1.29, 1.82) is 0 Å². The summed E-state index contributed by atoms with van der Waals surface area (Å²) in [5.41, 5.74) is 4.56. The molecule has 3 N–H and O–H groups in total. The van der Waals surface area contributed by atoms with Crippen molar-refractivity contribution in [2.45, 2.75) is 19.3 Å². The Morgan fingerprint density at radius 3 is 2.32 bits per heavy atom. The van der Waals surface area contributed by atoms with E-state index in [0.717, 1.165) is 0 Å². The number of benzene rings is 1. The predicted octanol–water partition coefficient (Wildman–Crippen LogP) is 2.40. The highest BCUT2D eigenvalue weighted by Crippen LogP contribution is 2.30. The van der Waals surface area contributed by atoms with Gasteiger partial charge >= 0.3 is 5.97 Å². The second-order valence-corrected chi connectivity index (χ2v) is 4.29. The Morgan fingerprint density at radius 2 is 1.84 bits per heavy atom. The van der Waals surface area contributed by atoms with Gasteiger partial charge in [0.1, 0.15) is 5.82 Å². The Labute approximate surface area is 107 Å². The van der Waals surface area contributed by atoms with Crippen LogP contribution in [0.25, 0.3) is 0 Å². The standard InChI is InChI=1S/C12H13F4NO2/c1-5(2-6(4-17)12(18)19)9-7(13)3-8(14)10(15)11(9)16/h3,5-6H,2,4,17H2,1H3,(H,18,19). The van der Waals surface area contributed by atoms with Gasteiger partial charge in [0.25, 0.3) is 0 Å². The van der Waals surface area contributed by atoms with E-state index in [9.17, 15) is 22.4 Å². The lowest BCUT2D eigenvalue weighted by atomic mass is 9.89. The average Bonchev–Trinajstić information content (AvgIpc) is 2.32. The van der Waals surface area contributed by atoms with E-state index in [0.29, 0.717) is 0 Å². The van der Waals surface area contributed by atoms with Crippen LogP contribution in [0.5, 0.6) is 0 Å². The van der Waals surface area contributed by atoms with Crippen molar-refractivity contribution in [2.24, 2.45) is 11.7 Å². The maximum Gasteiger partial charge on any atom is 0.307 e. The van der Waals surface area contributed by atoms with Gasteiger partial charge in [-0.15, -0.1) is 0 Å². The molecule has 1 aromatic rings. The zero-order chi connectivity index (χ0) is 14.7. The second-order valence-electron chi connectivity index (χ2n) is 4.29. The van der Waals surface area contributed by atoms with Gasteiger partial charge < -0.3 is 10.8 Å². The zero-order valence-electron chi connectivity index (χ0n) is 10.1. The number of rotatable bonds is 5. The van der Waals surface area contributed by atoms with E-state index in [1.165, 1.54) is 6.92 Å². The number of nitrogens with two attached hydrogens (primary N) is 1. The van der Waals surface area contributed by atoms with Crippen molar-refractivity contribution in [2.75, 3.05) is 6.54 Å². The highest BCUT2D eigenvalue weighted by atomic mass is 19.2. The molecule has 0 fully saturated rings. The van der Waals surface area contributed by atoms with Crippen LogP contribution >= 0.6 is 0 Å². The Morgan fingerprint density at radius 1 is 1.26 bits per heavy atom. The van der Waals surface area contributed by atoms with E-state index in [2.05, 4.69) is 0 Å². The van der Waals surface area contributed by atoms with Gasteiger partial charge in [0.2, 0.25) is 0 Å². The van der Waals surface area contributed by atoms with Crippen LogP contribution in [0.3, 0.4) is 0 Å². The summed E-state index contributed by atoms with van der Waals surface area (Å²) in [4.78, 5) is 10.8. The van der Waals surface area contributed by atoms with Gasteiger partial charge in [-0.25, -0.2) is 17.6 Å². The van der Waals surface area contributed by atoms with Gasteiger partial charge in [0, 0.05) is 18.2 Å². The quantitative estimate of drug-likeness (QED) is 0.494. The van der Waals surface area contributed by atoms with Crippen LogP contribution in [0.4, 0.5) is 17.6 Å². The Kier molecular flexibility index (Phi) is 4.88. The molecule has 19 heavy (non-hydrogen) atoms. The first kappa shape index (κ1) is 15.4. The lowest BCUT2D eigenvalue weighted by Crippen LogP contribution is -2.25. The van der Waals surface area contributed by atoms with Gasteiger partial charge in [0.15, 0.2) is 17.5 Å². The molecule has 1 rings (SSSR count). The summed E-state index contributed by atoms with van der Waals surface area (Å²) < 4.78 is 52.8. The summed E-state index contributed by atoms with van der Waals surface area (Å²) in [6, 6.07) is 0.239. The molecule has 2 unspecified atom stereocenters. The minimum Gasteiger partial charge on any atom is -0.481 e. The fourth-order valence-corrected chi connectivity index (χ4v) is 1.87. The Bertz CT molecular complexity index is 493. The first-order valence-corrected chi connectivity index (χ1v) is 5.55. The molecule has 0 aliphatic heterocycles. The van der Waals surface area contributed by atoms with Crippen molar-refractivity contribution in [3.8, 4) is 0 Å². The van der Waals surface area contributed by atoms with Gasteiger partial charge in [-0.1, -0.05) is 6.92 Å². The van der Waals surface area contributed by atoms with Crippen LogP contribution in [0.1, 0.15) is 24.8 Å². The van der Waals surface area contributed by atoms with E-state index >= 15 is 0 Å². The van der Waals surface area contributed by atoms with Crippen LogP contribution in [-0.2, 0) is 4.79 Å². The lowest BCUT2D eigenvalue weighted by Gasteiger charge is -2.18. The average molecular weight is 279 g/mol. The lowest BCUT2D eigenvalue weighted by molar-refractivity contribution is -0.141. The number of carboxylic acids is 1. The van der Waals surface area contributed by atoms with Crippen LogP contribution in [-0.4, -0.2) is 17.6 Å². The smallest absolute Gasteiger partial charge is 0.307 e. The number of halogens is 4. The molecule has 0 aromatic heterocycles. The van der Waals surface area contributed by atoms with Crippen molar-refractivity contribution in [3.05, 3.63) is 34.9 Å². The molecule has 2 atom stereocenters. The molecule has 0 aliphatic rings. The molecule has 0 radical (unpaired) electrons. The molecule has 1 aromatic carbocycles. The molecule has 0 amide bonds. The summed E-state index contributed by atoms with van der Waals surface area (Å²) in [7, 11) is 0. The predicted molar refractivity (Wildman–Crippen MR) is 59.5 cm³/mol.